The Morgan fingerprint density at radius 3 is 2.36 bits per heavy atom. The number of hydrogen-bond donors (Lipinski definition) is 2. The van der Waals surface area contributed by atoms with Gasteiger partial charge in [-0.25, -0.2) is 22.2 Å². The molecule has 2 aliphatic rings. The highest BCUT2D eigenvalue weighted by molar-refractivity contribution is 7.89. The summed E-state index contributed by atoms with van der Waals surface area (Å²) in [5.74, 6) is -0.497. The van der Waals surface area contributed by atoms with Crippen molar-refractivity contribution in [2.24, 2.45) is 0 Å². The maximum atomic E-state index is 13.6. The number of benzene rings is 2. The first-order valence-electron chi connectivity index (χ1n) is 13.7. The van der Waals surface area contributed by atoms with E-state index in [0.717, 1.165) is 55.8 Å². The first-order valence-corrected chi connectivity index (χ1v) is 15.2. The van der Waals surface area contributed by atoms with Gasteiger partial charge in [-0.3, -0.25) is 4.90 Å². The zero-order chi connectivity index (χ0) is 29.4. The summed E-state index contributed by atoms with van der Waals surface area (Å²) in [7, 11) is -2.04. The van der Waals surface area contributed by atoms with E-state index in [1.807, 2.05) is 13.0 Å². The summed E-state index contributed by atoms with van der Waals surface area (Å²) < 4.78 is 60.6. The lowest BCUT2D eigenvalue weighted by Crippen LogP contribution is -2.50. The Kier molecular flexibility index (Phi) is 7.64. The molecule has 2 aliphatic heterocycles. The van der Waals surface area contributed by atoms with Gasteiger partial charge in [-0.15, -0.1) is 0 Å². The fourth-order valence-corrected chi connectivity index (χ4v) is 7.27. The van der Waals surface area contributed by atoms with Crippen LogP contribution < -0.4 is 10.6 Å². The van der Waals surface area contributed by atoms with Gasteiger partial charge >= 0.3 is 0 Å². The molecule has 2 N–H and O–H groups in total. The van der Waals surface area contributed by atoms with Gasteiger partial charge < -0.3 is 15.2 Å². The second-order valence-corrected chi connectivity index (χ2v) is 12.8. The largest absolute Gasteiger partial charge is 0.361 e. The van der Waals surface area contributed by atoms with Crippen molar-refractivity contribution in [3.8, 4) is 0 Å². The van der Waals surface area contributed by atoms with Gasteiger partial charge in [0, 0.05) is 61.4 Å². The van der Waals surface area contributed by atoms with E-state index in [4.69, 9.17) is 4.52 Å². The van der Waals surface area contributed by atoms with Gasteiger partial charge in [0.05, 0.1) is 10.6 Å². The van der Waals surface area contributed by atoms with Crippen LogP contribution in [0.5, 0.6) is 0 Å². The molecule has 42 heavy (non-hydrogen) atoms. The maximum absolute atomic E-state index is 13.6. The topological polar surface area (TPSA) is 116 Å². The summed E-state index contributed by atoms with van der Waals surface area (Å²) in [6.45, 7) is 2.60. The highest BCUT2D eigenvalue weighted by atomic mass is 32.2. The molecule has 0 amide bonds. The first kappa shape index (κ1) is 28.2. The van der Waals surface area contributed by atoms with E-state index in [2.05, 4.69) is 30.7 Å². The molecule has 2 atom stereocenters. The van der Waals surface area contributed by atoms with Crippen LogP contribution >= 0.6 is 0 Å². The highest BCUT2D eigenvalue weighted by Gasteiger charge is 2.44. The molecule has 0 saturated carbocycles. The monoisotopic (exact) mass is 595 g/mol. The molecule has 2 fully saturated rings. The Morgan fingerprint density at radius 1 is 0.976 bits per heavy atom. The van der Waals surface area contributed by atoms with Crippen molar-refractivity contribution in [2.75, 3.05) is 17.7 Å². The lowest BCUT2D eigenvalue weighted by molar-refractivity contribution is 0.0884. The van der Waals surface area contributed by atoms with Gasteiger partial charge in [0.2, 0.25) is 16.0 Å². The van der Waals surface area contributed by atoms with Crippen LogP contribution in [-0.4, -0.2) is 57.9 Å². The van der Waals surface area contributed by atoms with Crippen molar-refractivity contribution < 1.29 is 21.7 Å². The summed E-state index contributed by atoms with van der Waals surface area (Å²) in [6, 6.07) is 14.0. The second kappa shape index (κ2) is 11.4. The third-order valence-electron chi connectivity index (χ3n) is 8.03. The van der Waals surface area contributed by atoms with Crippen molar-refractivity contribution in [2.45, 2.75) is 62.2 Å². The average Bonchev–Trinajstić information content (AvgIpc) is 3.47. The Hall–Kier alpha value is -3.94. The van der Waals surface area contributed by atoms with Gasteiger partial charge in [-0.1, -0.05) is 5.16 Å². The molecule has 0 radical (unpaired) electrons. The molecule has 2 aromatic carbocycles. The molecule has 2 saturated heterocycles. The van der Waals surface area contributed by atoms with Crippen molar-refractivity contribution >= 4 is 33.2 Å². The summed E-state index contributed by atoms with van der Waals surface area (Å²) in [4.78, 5) is 11.2. The zero-order valence-corrected chi connectivity index (χ0v) is 24.0. The van der Waals surface area contributed by atoms with Crippen LogP contribution in [0.4, 0.5) is 31.9 Å². The van der Waals surface area contributed by atoms with Gasteiger partial charge in [0.1, 0.15) is 11.6 Å². The molecular formula is C29H31F2N7O3S. The average molecular weight is 596 g/mol. The highest BCUT2D eigenvalue weighted by Crippen LogP contribution is 2.39. The smallest absolute Gasteiger partial charge is 0.243 e. The van der Waals surface area contributed by atoms with Crippen LogP contribution in [0.15, 0.2) is 70.2 Å². The lowest BCUT2D eigenvalue weighted by atomic mass is 9.97. The predicted molar refractivity (Wildman–Crippen MR) is 153 cm³/mol. The van der Waals surface area contributed by atoms with E-state index in [1.54, 1.807) is 37.4 Å². The van der Waals surface area contributed by atoms with Crippen molar-refractivity contribution in [1.29, 1.82) is 0 Å². The minimum atomic E-state index is -3.71. The van der Waals surface area contributed by atoms with Crippen molar-refractivity contribution in [1.82, 2.24) is 24.3 Å². The van der Waals surface area contributed by atoms with Crippen LogP contribution in [-0.2, 0) is 16.6 Å². The number of rotatable bonds is 9. The van der Waals surface area contributed by atoms with Crippen LogP contribution in [0.25, 0.3) is 0 Å². The molecule has 2 bridgehead atoms. The number of piperidine rings is 1. The SMILES string of the molecule is Cc1cc(CN2C3CCC2CC(N(C)S(=O)(=O)c2ccc(Nc4nccc(Nc5ccc(F)c(F)c5)n4)cc2)C3)no1. The van der Waals surface area contributed by atoms with E-state index in [0.29, 0.717) is 29.3 Å². The lowest BCUT2D eigenvalue weighted by Gasteiger charge is -2.41. The number of halogens is 2. The van der Waals surface area contributed by atoms with Crippen LogP contribution in [0.1, 0.15) is 37.1 Å². The Labute approximate surface area is 242 Å². The van der Waals surface area contributed by atoms with Gasteiger partial charge in [0.15, 0.2) is 11.6 Å². The molecular weight excluding hydrogens is 564 g/mol. The predicted octanol–water partition coefficient (Wildman–Crippen LogP) is 5.35. The summed E-state index contributed by atoms with van der Waals surface area (Å²) in [5.41, 5.74) is 1.84. The number of hydrogen-bond acceptors (Lipinski definition) is 9. The van der Waals surface area contributed by atoms with Crippen LogP contribution in [0, 0.1) is 18.6 Å². The number of anilines is 4. The third kappa shape index (κ3) is 5.85. The maximum Gasteiger partial charge on any atom is 0.243 e. The number of aryl methyl sites for hydroxylation is 1. The Morgan fingerprint density at radius 2 is 1.69 bits per heavy atom. The molecule has 6 rings (SSSR count). The molecule has 2 unspecified atom stereocenters. The third-order valence-corrected chi connectivity index (χ3v) is 9.95. The van der Waals surface area contributed by atoms with Crippen molar-refractivity contribution in [3.63, 3.8) is 0 Å². The molecule has 4 aromatic rings. The quantitative estimate of drug-likeness (QED) is 0.264. The fraction of sp³-hybridized carbons (Fsp3) is 0.345. The summed E-state index contributed by atoms with van der Waals surface area (Å²) in [6.07, 6.45) is 5.15. The van der Waals surface area contributed by atoms with Gasteiger partial charge in [-0.05, 0) is 75.1 Å². The number of sulfonamides is 1. The van der Waals surface area contributed by atoms with Crippen LogP contribution in [0.3, 0.4) is 0 Å². The minimum absolute atomic E-state index is 0.0844. The van der Waals surface area contributed by atoms with E-state index < -0.39 is 21.7 Å². The number of nitrogens with one attached hydrogen (secondary N) is 2. The molecule has 0 spiro atoms. The second-order valence-electron chi connectivity index (χ2n) is 10.8. The van der Waals surface area contributed by atoms with E-state index in [9.17, 15) is 17.2 Å². The molecule has 10 nitrogen and oxygen atoms in total. The molecule has 2 aromatic heterocycles. The summed E-state index contributed by atoms with van der Waals surface area (Å²) >= 11 is 0. The summed E-state index contributed by atoms with van der Waals surface area (Å²) in [5, 5.41) is 10.1. The molecule has 220 valence electrons. The van der Waals surface area contributed by atoms with Crippen LogP contribution in [0.2, 0.25) is 0 Å². The van der Waals surface area contributed by atoms with Gasteiger partial charge in [0.25, 0.3) is 0 Å². The molecule has 13 heteroatoms. The van der Waals surface area contributed by atoms with Crippen molar-refractivity contribution in [3.05, 3.63) is 83.9 Å². The number of fused-ring (bicyclic) bond motifs is 2. The number of aromatic nitrogens is 3. The fourth-order valence-electron chi connectivity index (χ4n) is 5.89. The van der Waals surface area contributed by atoms with E-state index >= 15 is 0 Å². The number of nitrogens with zero attached hydrogens (tertiary/aromatic N) is 5. The first-order chi connectivity index (χ1) is 20.2. The van der Waals surface area contributed by atoms with E-state index in [1.165, 1.54) is 16.6 Å². The Bertz CT molecular complexity index is 1670. The molecule has 4 heterocycles. The van der Waals surface area contributed by atoms with Gasteiger partial charge in [-0.2, -0.15) is 9.29 Å². The zero-order valence-electron chi connectivity index (χ0n) is 23.2. The Balaban J connectivity index is 1.09. The minimum Gasteiger partial charge on any atom is -0.361 e. The standard InChI is InChI=1S/C29H31F2N7O3S/c1-18-13-21(36-41-18)17-38-22-6-7-23(38)16-24(15-22)37(2)42(39,40)25-8-3-19(4-9-25)34-29-32-12-11-28(35-29)33-20-5-10-26(30)27(31)14-20/h3-5,8-14,22-24H,6-7,15-17H2,1-2H3,(H2,32,33,34,35). The molecule has 0 aliphatic carbocycles. The normalized spacial score (nSPS) is 20.6. The van der Waals surface area contributed by atoms with E-state index in [-0.39, 0.29) is 16.9 Å².